The fourth-order valence-electron chi connectivity index (χ4n) is 3.68. The number of benzene rings is 2. The van der Waals surface area contributed by atoms with Gasteiger partial charge in [0, 0.05) is 11.6 Å². The van der Waals surface area contributed by atoms with Crippen molar-refractivity contribution in [3.05, 3.63) is 96.1 Å². The van der Waals surface area contributed by atoms with Gasteiger partial charge in [0.25, 0.3) is 0 Å². The Hall–Kier alpha value is -3.67. The van der Waals surface area contributed by atoms with Crippen LogP contribution in [-0.4, -0.2) is 34.6 Å². The molecule has 4 rings (SSSR count). The molecule has 0 amide bonds. The first-order chi connectivity index (χ1) is 15.7. The molecule has 12 heteroatoms. The fourth-order valence-corrected chi connectivity index (χ4v) is 3.68. The van der Waals surface area contributed by atoms with Gasteiger partial charge >= 0.3 is 6.18 Å². The van der Waals surface area contributed by atoms with Crippen LogP contribution in [0.25, 0.3) is 0 Å². The molecule has 1 N–H and O–H groups in total. The first-order valence-corrected chi connectivity index (χ1v) is 9.67. The van der Waals surface area contributed by atoms with E-state index in [0.717, 1.165) is 24.3 Å². The molecular formula is C21H17F5N6O. The zero-order valence-electron chi connectivity index (χ0n) is 16.9. The minimum absolute atomic E-state index is 0.0521. The van der Waals surface area contributed by atoms with Crippen molar-refractivity contribution in [2.45, 2.75) is 30.8 Å². The summed E-state index contributed by atoms with van der Waals surface area (Å²) in [5, 5.41) is 19.9. The highest BCUT2D eigenvalue weighted by Crippen LogP contribution is 2.39. The van der Waals surface area contributed by atoms with Crippen LogP contribution in [0.2, 0.25) is 0 Å². The van der Waals surface area contributed by atoms with E-state index in [9.17, 15) is 27.1 Å². The number of hydrogen-bond donors (Lipinski definition) is 1. The van der Waals surface area contributed by atoms with Crippen LogP contribution < -0.4 is 0 Å². The highest BCUT2D eigenvalue weighted by atomic mass is 19.4. The molecule has 0 spiro atoms. The Bertz CT molecular complexity index is 1200. The predicted molar refractivity (Wildman–Crippen MR) is 104 cm³/mol. The molecule has 0 saturated carbocycles. The van der Waals surface area contributed by atoms with Gasteiger partial charge in [-0.2, -0.15) is 23.4 Å². The number of aromatic nitrogens is 6. The quantitative estimate of drug-likeness (QED) is 0.423. The van der Waals surface area contributed by atoms with Gasteiger partial charge in [0.15, 0.2) is 0 Å². The van der Waals surface area contributed by atoms with E-state index in [1.54, 1.807) is 0 Å². The summed E-state index contributed by atoms with van der Waals surface area (Å²) in [7, 11) is 0. The third-order valence-corrected chi connectivity index (χ3v) is 5.28. The van der Waals surface area contributed by atoms with E-state index >= 15 is 0 Å². The van der Waals surface area contributed by atoms with Crippen molar-refractivity contribution >= 4 is 0 Å². The summed E-state index contributed by atoms with van der Waals surface area (Å²) in [6.45, 7) is -0.305. The average molecular weight is 464 g/mol. The summed E-state index contributed by atoms with van der Waals surface area (Å²) in [6.07, 6.45) is 0.474. The van der Waals surface area contributed by atoms with E-state index in [0.29, 0.717) is 11.6 Å². The maximum atomic E-state index is 14.9. The Morgan fingerprint density at radius 3 is 2.18 bits per heavy atom. The molecule has 0 aliphatic carbocycles. The molecule has 2 atom stereocenters. The fraction of sp³-hybridized carbons (Fsp3) is 0.238. The summed E-state index contributed by atoms with van der Waals surface area (Å²) < 4.78 is 69.9. The molecule has 0 radical (unpaired) electrons. The molecule has 2 unspecified atom stereocenters. The van der Waals surface area contributed by atoms with Gasteiger partial charge < -0.3 is 5.11 Å². The van der Waals surface area contributed by atoms with Gasteiger partial charge in [0.05, 0.1) is 18.2 Å². The second-order valence-electron chi connectivity index (χ2n) is 7.43. The minimum Gasteiger partial charge on any atom is -0.381 e. The van der Waals surface area contributed by atoms with Crippen molar-refractivity contribution in [1.29, 1.82) is 0 Å². The number of rotatable bonds is 7. The SMILES string of the molecule is OC(Cn1cncn1)(c1ccc(F)cc1F)C(Cc1ccc(C(F)(F)F)cc1)n1cncn1. The van der Waals surface area contributed by atoms with Gasteiger partial charge in [0.2, 0.25) is 0 Å². The molecule has 0 aliphatic heterocycles. The normalized spacial score (nSPS) is 14.7. The van der Waals surface area contributed by atoms with E-state index in [1.165, 1.54) is 46.8 Å². The van der Waals surface area contributed by atoms with Crippen LogP contribution in [0.15, 0.2) is 67.8 Å². The van der Waals surface area contributed by atoms with Crippen LogP contribution in [0.5, 0.6) is 0 Å². The molecule has 172 valence electrons. The van der Waals surface area contributed by atoms with Crippen LogP contribution in [0.3, 0.4) is 0 Å². The zero-order valence-corrected chi connectivity index (χ0v) is 16.9. The molecule has 0 fully saturated rings. The van der Waals surface area contributed by atoms with Crippen molar-refractivity contribution in [2.75, 3.05) is 0 Å². The lowest BCUT2D eigenvalue weighted by molar-refractivity contribution is -0.137. The van der Waals surface area contributed by atoms with Crippen molar-refractivity contribution in [2.24, 2.45) is 0 Å². The smallest absolute Gasteiger partial charge is 0.381 e. The molecule has 2 aromatic carbocycles. The lowest BCUT2D eigenvalue weighted by atomic mass is 9.82. The molecule has 33 heavy (non-hydrogen) atoms. The van der Waals surface area contributed by atoms with E-state index < -0.39 is 35.0 Å². The summed E-state index contributed by atoms with van der Waals surface area (Å²) in [5.41, 5.74) is -2.72. The summed E-state index contributed by atoms with van der Waals surface area (Å²) in [4.78, 5) is 7.70. The van der Waals surface area contributed by atoms with E-state index in [4.69, 9.17) is 0 Å². The Balaban J connectivity index is 1.80. The van der Waals surface area contributed by atoms with Crippen LogP contribution >= 0.6 is 0 Å². The topological polar surface area (TPSA) is 81.6 Å². The van der Waals surface area contributed by atoms with Gasteiger partial charge in [-0.15, -0.1) is 0 Å². The lowest BCUT2D eigenvalue weighted by Crippen LogP contribution is -2.43. The molecule has 0 bridgehead atoms. The second kappa shape index (κ2) is 8.70. The van der Waals surface area contributed by atoms with E-state index in [2.05, 4.69) is 20.2 Å². The molecule has 0 saturated heterocycles. The third-order valence-electron chi connectivity index (χ3n) is 5.28. The molecule has 4 aromatic rings. The third kappa shape index (κ3) is 4.75. The Morgan fingerprint density at radius 1 is 0.909 bits per heavy atom. The summed E-state index contributed by atoms with van der Waals surface area (Å²) in [6, 6.07) is 6.07. The first kappa shape index (κ1) is 22.5. The van der Waals surface area contributed by atoms with Crippen molar-refractivity contribution < 1.29 is 27.1 Å². The van der Waals surface area contributed by atoms with Gasteiger partial charge in [0.1, 0.15) is 42.5 Å². The number of nitrogens with zero attached hydrogens (tertiary/aromatic N) is 6. The van der Waals surface area contributed by atoms with Crippen molar-refractivity contribution in [3.63, 3.8) is 0 Å². The van der Waals surface area contributed by atoms with Gasteiger partial charge in [-0.3, -0.25) is 0 Å². The lowest BCUT2D eigenvalue weighted by Gasteiger charge is -2.36. The maximum Gasteiger partial charge on any atom is 0.416 e. The van der Waals surface area contributed by atoms with Crippen LogP contribution in [0, 0.1) is 11.6 Å². The Kier molecular flexibility index (Phi) is 5.93. The van der Waals surface area contributed by atoms with E-state index in [-0.39, 0.29) is 18.5 Å². The van der Waals surface area contributed by atoms with Crippen LogP contribution in [-0.2, 0) is 24.7 Å². The first-order valence-electron chi connectivity index (χ1n) is 9.67. The number of hydrogen-bond acceptors (Lipinski definition) is 5. The minimum atomic E-state index is -4.51. The monoisotopic (exact) mass is 464 g/mol. The van der Waals surface area contributed by atoms with Gasteiger partial charge in [-0.05, 0) is 30.2 Å². The largest absolute Gasteiger partial charge is 0.416 e. The number of aliphatic hydroxyl groups is 1. The Labute approximate surface area is 184 Å². The highest BCUT2D eigenvalue weighted by Gasteiger charge is 2.43. The van der Waals surface area contributed by atoms with Gasteiger partial charge in [-0.1, -0.05) is 18.2 Å². The molecular weight excluding hydrogens is 447 g/mol. The van der Waals surface area contributed by atoms with E-state index in [1.807, 2.05) is 0 Å². The Morgan fingerprint density at radius 2 is 1.61 bits per heavy atom. The standard InChI is InChI=1S/C21H17F5N6O/c22-16-5-6-17(18(23)8-16)20(33,9-31-12-27-10-29-31)19(32-13-28-11-30-32)7-14-1-3-15(4-2-14)21(24,25)26/h1-6,8,10-13,19,33H,7,9H2. The highest BCUT2D eigenvalue weighted by molar-refractivity contribution is 5.30. The van der Waals surface area contributed by atoms with Crippen LogP contribution in [0.4, 0.5) is 22.0 Å². The predicted octanol–water partition coefficient (Wildman–Crippen LogP) is 3.54. The zero-order chi connectivity index (χ0) is 23.6. The van der Waals surface area contributed by atoms with Crippen molar-refractivity contribution in [1.82, 2.24) is 29.5 Å². The molecule has 7 nitrogen and oxygen atoms in total. The second-order valence-corrected chi connectivity index (χ2v) is 7.43. The number of halogens is 5. The molecule has 2 aromatic heterocycles. The van der Waals surface area contributed by atoms with Gasteiger partial charge in [-0.25, -0.2) is 28.1 Å². The number of alkyl halides is 3. The van der Waals surface area contributed by atoms with Crippen LogP contribution in [0.1, 0.15) is 22.7 Å². The maximum absolute atomic E-state index is 14.9. The average Bonchev–Trinajstić information content (AvgIpc) is 3.46. The molecule has 0 aliphatic rings. The summed E-state index contributed by atoms with van der Waals surface area (Å²) in [5.74, 6) is -1.84. The van der Waals surface area contributed by atoms with Crippen molar-refractivity contribution in [3.8, 4) is 0 Å². The molecule has 2 heterocycles. The summed E-state index contributed by atoms with van der Waals surface area (Å²) >= 11 is 0.